The van der Waals surface area contributed by atoms with Crippen molar-refractivity contribution in [2.24, 2.45) is 0 Å². The van der Waals surface area contributed by atoms with Gasteiger partial charge in [-0.1, -0.05) is 36.4 Å². The predicted molar refractivity (Wildman–Crippen MR) is 94.0 cm³/mol. The Morgan fingerprint density at radius 3 is 2.54 bits per heavy atom. The third kappa shape index (κ3) is 3.82. The van der Waals surface area contributed by atoms with E-state index in [4.69, 9.17) is 0 Å². The normalized spacial score (nSPS) is 10.2. The summed E-state index contributed by atoms with van der Waals surface area (Å²) in [6, 6.07) is 16.2. The van der Waals surface area contributed by atoms with Crippen LogP contribution in [0.2, 0.25) is 0 Å². The molecule has 0 saturated heterocycles. The van der Waals surface area contributed by atoms with Gasteiger partial charge >= 0.3 is 0 Å². The number of hydrogen-bond donors (Lipinski definition) is 2. The minimum Gasteiger partial charge on any atom is -0.326 e. The maximum Gasteiger partial charge on any atom is 0.257 e. The van der Waals surface area contributed by atoms with Crippen molar-refractivity contribution in [2.45, 2.75) is 6.92 Å². The number of benzene rings is 2. The van der Waals surface area contributed by atoms with Crippen LogP contribution in [0, 0.1) is 0 Å². The average molecular weight is 338 g/mol. The Hall–Kier alpha value is -3.06. The van der Waals surface area contributed by atoms with Crippen molar-refractivity contribution < 1.29 is 9.59 Å². The Morgan fingerprint density at radius 1 is 1.00 bits per heavy atom. The first-order chi connectivity index (χ1) is 11.6. The molecule has 3 aromatic rings. The van der Waals surface area contributed by atoms with Gasteiger partial charge in [0.05, 0.1) is 0 Å². The van der Waals surface area contributed by atoms with Crippen LogP contribution < -0.4 is 10.6 Å². The number of nitrogens with zero attached hydrogens (tertiary/aromatic N) is 2. The quantitative estimate of drug-likeness (QED) is 0.763. The monoisotopic (exact) mass is 338 g/mol. The fourth-order valence-corrected chi connectivity index (χ4v) is 2.67. The van der Waals surface area contributed by atoms with Crippen LogP contribution in [-0.4, -0.2) is 21.2 Å². The van der Waals surface area contributed by atoms with Gasteiger partial charge in [0.1, 0.15) is 0 Å². The van der Waals surface area contributed by atoms with Crippen molar-refractivity contribution in [1.82, 2.24) is 9.36 Å². The molecular formula is C17H14N4O2S. The van der Waals surface area contributed by atoms with E-state index < -0.39 is 0 Å². The smallest absolute Gasteiger partial charge is 0.257 e. The third-order valence-electron chi connectivity index (χ3n) is 3.12. The predicted octanol–water partition coefficient (Wildman–Crippen LogP) is 3.42. The molecule has 0 fully saturated rings. The Labute approximate surface area is 142 Å². The van der Waals surface area contributed by atoms with Gasteiger partial charge in [-0.05, 0) is 18.2 Å². The van der Waals surface area contributed by atoms with E-state index >= 15 is 0 Å². The minimum absolute atomic E-state index is 0.191. The highest BCUT2D eigenvalue weighted by atomic mass is 32.1. The summed E-state index contributed by atoms with van der Waals surface area (Å²) in [5.74, 6) is 0.0741. The Bertz CT molecular complexity index is 877. The Kier molecular flexibility index (Phi) is 4.62. The number of anilines is 2. The highest BCUT2D eigenvalue weighted by Crippen LogP contribution is 2.21. The molecule has 24 heavy (non-hydrogen) atoms. The van der Waals surface area contributed by atoms with E-state index in [1.165, 1.54) is 6.92 Å². The second-order valence-corrected chi connectivity index (χ2v) is 5.76. The summed E-state index contributed by atoms with van der Waals surface area (Å²) in [7, 11) is 0. The molecule has 0 radical (unpaired) electrons. The minimum atomic E-state index is -0.307. The standard InChI is InChI=1S/C17H14N4O2S/c1-11(22)18-14-9-5-8-13(10-14)16(23)20-17-19-15(21-24-17)12-6-3-2-4-7-12/h2-10H,1H3,(H,18,22)(H,19,20,21,23). The van der Waals surface area contributed by atoms with Crippen LogP contribution in [0.15, 0.2) is 54.6 Å². The number of carbonyl (C=O) groups excluding carboxylic acids is 2. The lowest BCUT2D eigenvalue weighted by Crippen LogP contribution is -2.13. The molecule has 6 nitrogen and oxygen atoms in total. The lowest BCUT2D eigenvalue weighted by Gasteiger charge is -2.05. The number of nitrogens with one attached hydrogen (secondary N) is 2. The van der Waals surface area contributed by atoms with E-state index in [1.54, 1.807) is 24.3 Å². The number of carbonyl (C=O) groups is 2. The van der Waals surface area contributed by atoms with E-state index in [0.29, 0.717) is 22.2 Å². The van der Waals surface area contributed by atoms with Crippen LogP contribution in [0.25, 0.3) is 11.4 Å². The van der Waals surface area contributed by atoms with Gasteiger partial charge in [-0.3, -0.25) is 14.9 Å². The lowest BCUT2D eigenvalue weighted by atomic mass is 10.2. The summed E-state index contributed by atoms with van der Waals surface area (Å²) in [5.41, 5.74) is 1.89. The van der Waals surface area contributed by atoms with Gasteiger partial charge in [0, 0.05) is 35.3 Å². The summed E-state index contributed by atoms with van der Waals surface area (Å²) in [6.07, 6.45) is 0. The zero-order valence-electron chi connectivity index (χ0n) is 12.8. The van der Waals surface area contributed by atoms with Crippen molar-refractivity contribution in [3.63, 3.8) is 0 Å². The van der Waals surface area contributed by atoms with Gasteiger partial charge in [0.25, 0.3) is 5.91 Å². The Balaban J connectivity index is 1.73. The van der Waals surface area contributed by atoms with Gasteiger partial charge in [-0.15, -0.1) is 0 Å². The van der Waals surface area contributed by atoms with E-state index in [-0.39, 0.29) is 11.8 Å². The molecule has 1 aromatic heterocycles. The van der Waals surface area contributed by atoms with E-state index in [9.17, 15) is 9.59 Å². The highest BCUT2D eigenvalue weighted by Gasteiger charge is 2.11. The maximum absolute atomic E-state index is 12.3. The van der Waals surface area contributed by atoms with Crippen LogP contribution in [-0.2, 0) is 4.79 Å². The molecule has 3 rings (SSSR count). The van der Waals surface area contributed by atoms with Crippen molar-refractivity contribution in [2.75, 3.05) is 10.6 Å². The van der Waals surface area contributed by atoms with E-state index in [2.05, 4.69) is 20.0 Å². The molecule has 2 amide bonds. The molecule has 1 heterocycles. The van der Waals surface area contributed by atoms with E-state index in [0.717, 1.165) is 17.1 Å². The number of amides is 2. The molecule has 0 bridgehead atoms. The number of rotatable bonds is 4. The molecule has 2 aromatic carbocycles. The van der Waals surface area contributed by atoms with Gasteiger partial charge in [-0.2, -0.15) is 9.36 Å². The molecule has 0 aliphatic heterocycles. The summed E-state index contributed by atoms with van der Waals surface area (Å²) in [4.78, 5) is 27.7. The van der Waals surface area contributed by atoms with Crippen LogP contribution in [0.4, 0.5) is 10.8 Å². The van der Waals surface area contributed by atoms with Crippen LogP contribution in [0.3, 0.4) is 0 Å². The largest absolute Gasteiger partial charge is 0.326 e. The Morgan fingerprint density at radius 2 is 1.79 bits per heavy atom. The van der Waals surface area contributed by atoms with Crippen molar-refractivity contribution in [3.05, 3.63) is 60.2 Å². The number of hydrogen-bond acceptors (Lipinski definition) is 5. The zero-order chi connectivity index (χ0) is 16.9. The van der Waals surface area contributed by atoms with Gasteiger partial charge < -0.3 is 5.32 Å². The first kappa shape index (κ1) is 15.8. The fraction of sp³-hybridized carbons (Fsp3) is 0.0588. The molecular weight excluding hydrogens is 324 g/mol. The van der Waals surface area contributed by atoms with Crippen molar-refractivity contribution in [1.29, 1.82) is 0 Å². The molecule has 0 spiro atoms. The van der Waals surface area contributed by atoms with Gasteiger partial charge in [0.2, 0.25) is 11.0 Å². The zero-order valence-corrected chi connectivity index (χ0v) is 13.6. The molecule has 7 heteroatoms. The summed E-state index contributed by atoms with van der Waals surface area (Å²) >= 11 is 1.12. The van der Waals surface area contributed by atoms with Crippen LogP contribution >= 0.6 is 11.5 Å². The topological polar surface area (TPSA) is 84.0 Å². The van der Waals surface area contributed by atoms with Crippen LogP contribution in [0.5, 0.6) is 0 Å². The molecule has 0 unspecified atom stereocenters. The number of aromatic nitrogens is 2. The van der Waals surface area contributed by atoms with E-state index in [1.807, 2.05) is 30.3 Å². The second kappa shape index (κ2) is 7.01. The molecule has 0 aliphatic rings. The molecule has 2 N–H and O–H groups in total. The molecule has 0 atom stereocenters. The van der Waals surface area contributed by atoms with Crippen molar-refractivity contribution in [3.8, 4) is 11.4 Å². The molecule has 0 aliphatic carbocycles. The van der Waals surface area contributed by atoms with Crippen LogP contribution in [0.1, 0.15) is 17.3 Å². The van der Waals surface area contributed by atoms with Crippen molar-refractivity contribution >= 4 is 34.2 Å². The summed E-state index contributed by atoms with van der Waals surface area (Å²) in [6.45, 7) is 1.42. The average Bonchev–Trinajstić information content (AvgIpc) is 3.04. The molecule has 0 saturated carbocycles. The van der Waals surface area contributed by atoms with Gasteiger partial charge in [-0.25, -0.2) is 0 Å². The maximum atomic E-state index is 12.3. The highest BCUT2D eigenvalue weighted by molar-refractivity contribution is 7.10. The SMILES string of the molecule is CC(=O)Nc1cccc(C(=O)Nc2nc(-c3ccccc3)ns2)c1. The lowest BCUT2D eigenvalue weighted by molar-refractivity contribution is -0.114. The second-order valence-electron chi connectivity index (χ2n) is 5.01. The third-order valence-corrected chi connectivity index (χ3v) is 3.75. The first-order valence-corrected chi connectivity index (χ1v) is 7.97. The first-order valence-electron chi connectivity index (χ1n) is 7.20. The summed E-state index contributed by atoms with van der Waals surface area (Å²) in [5, 5.41) is 5.79. The summed E-state index contributed by atoms with van der Waals surface area (Å²) < 4.78 is 4.25. The fourth-order valence-electron chi connectivity index (χ4n) is 2.09. The molecule has 120 valence electrons. The van der Waals surface area contributed by atoms with Gasteiger partial charge in [0.15, 0.2) is 5.82 Å².